The predicted octanol–water partition coefficient (Wildman–Crippen LogP) is 3.47. The fraction of sp³-hybridized carbons (Fsp3) is 0.300. The van der Waals surface area contributed by atoms with Crippen LogP contribution in [-0.2, 0) is 11.4 Å². The van der Waals surface area contributed by atoms with E-state index in [4.69, 9.17) is 26.2 Å². The van der Waals surface area contributed by atoms with Gasteiger partial charge in [-0.1, -0.05) is 23.7 Å². The molecule has 0 unspecified atom stereocenters. The second kappa shape index (κ2) is 8.31. The number of ether oxygens (including phenoxy) is 2. The molecule has 1 fully saturated rings. The average Bonchev–Trinajstić information content (AvgIpc) is 3.17. The largest absolute Gasteiger partial charge is 0.493 e. The van der Waals surface area contributed by atoms with Gasteiger partial charge in [0, 0.05) is 23.7 Å². The van der Waals surface area contributed by atoms with Gasteiger partial charge in [0.2, 0.25) is 0 Å². The molecule has 2 aromatic rings. The van der Waals surface area contributed by atoms with Crippen molar-refractivity contribution in [2.45, 2.75) is 13.0 Å². The molecule has 1 saturated heterocycles. The Bertz CT molecular complexity index is 837. The maximum atomic E-state index is 12.6. The third-order valence-corrected chi connectivity index (χ3v) is 4.79. The van der Waals surface area contributed by atoms with Gasteiger partial charge in [-0.2, -0.15) is 0 Å². The monoisotopic (exact) mass is 389 g/mol. The van der Waals surface area contributed by atoms with E-state index in [1.165, 1.54) is 7.11 Å². The van der Waals surface area contributed by atoms with Crippen molar-refractivity contribution < 1.29 is 24.2 Å². The molecule has 0 radical (unpaired) electrons. The van der Waals surface area contributed by atoms with Crippen LogP contribution in [0.1, 0.15) is 22.3 Å². The van der Waals surface area contributed by atoms with Crippen LogP contribution in [-0.4, -0.2) is 42.1 Å². The minimum absolute atomic E-state index is 0.207. The number of carbonyl (C=O) groups excluding carboxylic acids is 1. The van der Waals surface area contributed by atoms with Crippen LogP contribution in [0.15, 0.2) is 42.5 Å². The third-order valence-electron chi connectivity index (χ3n) is 4.54. The molecule has 3 rings (SSSR count). The van der Waals surface area contributed by atoms with Crippen LogP contribution in [0.4, 0.5) is 0 Å². The van der Waals surface area contributed by atoms with Crippen molar-refractivity contribution in [2.75, 3.05) is 20.2 Å². The topological polar surface area (TPSA) is 76.1 Å². The lowest BCUT2D eigenvalue weighted by Crippen LogP contribution is -2.29. The van der Waals surface area contributed by atoms with Crippen LogP contribution >= 0.6 is 11.6 Å². The van der Waals surface area contributed by atoms with Crippen molar-refractivity contribution >= 4 is 23.5 Å². The SMILES string of the molecule is COc1cc(C(=O)N2CC[C@H](C(=O)O)C2)ccc1OCc1ccc(Cl)cc1. The number of carboxylic acid groups (broad SMARTS) is 1. The van der Waals surface area contributed by atoms with E-state index in [0.29, 0.717) is 41.7 Å². The minimum Gasteiger partial charge on any atom is -0.493 e. The van der Waals surface area contributed by atoms with Crippen LogP contribution in [0.2, 0.25) is 5.02 Å². The number of carbonyl (C=O) groups is 2. The number of halogens is 1. The van der Waals surface area contributed by atoms with Gasteiger partial charge in [-0.15, -0.1) is 0 Å². The molecule has 1 aliphatic rings. The molecule has 0 bridgehead atoms. The molecule has 1 heterocycles. The van der Waals surface area contributed by atoms with Gasteiger partial charge < -0.3 is 19.5 Å². The van der Waals surface area contributed by atoms with Crippen LogP contribution < -0.4 is 9.47 Å². The second-order valence-electron chi connectivity index (χ2n) is 6.36. The first-order valence-corrected chi connectivity index (χ1v) is 8.93. The average molecular weight is 390 g/mol. The Hall–Kier alpha value is -2.73. The van der Waals surface area contributed by atoms with Crippen molar-refractivity contribution in [2.24, 2.45) is 5.92 Å². The van der Waals surface area contributed by atoms with Gasteiger partial charge in [0.05, 0.1) is 13.0 Å². The van der Waals surface area contributed by atoms with Gasteiger partial charge in [-0.25, -0.2) is 0 Å². The molecule has 0 saturated carbocycles. The number of hydrogen-bond donors (Lipinski definition) is 1. The van der Waals surface area contributed by atoms with Crippen molar-refractivity contribution in [1.82, 2.24) is 4.90 Å². The number of nitrogens with zero attached hydrogens (tertiary/aromatic N) is 1. The minimum atomic E-state index is -0.867. The van der Waals surface area contributed by atoms with Gasteiger partial charge in [-0.05, 0) is 42.3 Å². The Labute approximate surface area is 162 Å². The highest BCUT2D eigenvalue weighted by Crippen LogP contribution is 2.30. The molecule has 1 N–H and O–H groups in total. The van der Waals surface area contributed by atoms with Crippen LogP contribution in [0.3, 0.4) is 0 Å². The number of amides is 1. The van der Waals surface area contributed by atoms with Gasteiger partial charge in [0.1, 0.15) is 6.61 Å². The molecule has 7 heteroatoms. The summed E-state index contributed by atoms with van der Waals surface area (Å²) in [5.41, 5.74) is 1.40. The molecule has 0 aliphatic carbocycles. The lowest BCUT2D eigenvalue weighted by Gasteiger charge is -2.17. The van der Waals surface area contributed by atoms with Crippen molar-refractivity contribution in [3.05, 3.63) is 58.6 Å². The first kappa shape index (κ1) is 19.0. The summed E-state index contributed by atoms with van der Waals surface area (Å²) in [6.07, 6.45) is 0.473. The summed E-state index contributed by atoms with van der Waals surface area (Å²) in [7, 11) is 1.51. The summed E-state index contributed by atoms with van der Waals surface area (Å²) < 4.78 is 11.1. The van der Waals surface area contributed by atoms with E-state index in [1.807, 2.05) is 12.1 Å². The molecule has 1 amide bonds. The summed E-state index contributed by atoms with van der Waals surface area (Å²) in [6, 6.07) is 12.3. The molecule has 6 nitrogen and oxygen atoms in total. The number of methoxy groups -OCH3 is 1. The van der Waals surface area contributed by atoms with Gasteiger partial charge in [0.25, 0.3) is 5.91 Å². The predicted molar refractivity (Wildman–Crippen MR) is 100 cm³/mol. The highest BCUT2D eigenvalue weighted by molar-refractivity contribution is 6.30. The molecule has 0 aromatic heterocycles. The normalized spacial score (nSPS) is 16.2. The van der Waals surface area contributed by atoms with E-state index >= 15 is 0 Å². The molecule has 2 aromatic carbocycles. The summed E-state index contributed by atoms with van der Waals surface area (Å²) in [4.78, 5) is 25.3. The Kier molecular flexibility index (Phi) is 5.86. The highest BCUT2D eigenvalue weighted by atomic mass is 35.5. The molecule has 142 valence electrons. The van der Waals surface area contributed by atoms with E-state index in [9.17, 15) is 9.59 Å². The quantitative estimate of drug-likeness (QED) is 0.818. The van der Waals surface area contributed by atoms with Gasteiger partial charge >= 0.3 is 5.97 Å². The second-order valence-corrected chi connectivity index (χ2v) is 6.79. The van der Waals surface area contributed by atoms with Gasteiger partial charge in [0.15, 0.2) is 11.5 Å². The third kappa shape index (κ3) is 4.52. The lowest BCUT2D eigenvalue weighted by molar-refractivity contribution is -0.141. The number of likely N-dealkylation sites (tertiary alicyclic amines) is 1. The fourth-order valence-electron chi connectivity index (χ4n) is 2.99. The molecular formula is C20H20ClNO5. The van der Waals surface area contributed by atoms with E-state index in [1.54, 1.807) is 35.2 Å². The van der Waals surface area contributed by atoms with Crippen LogP contribution in [0.25, 0.3) is 0 Å². The smallest absolute Gasteiger partial charge is 0.308 e. The Morgan fingerprint density at radius 2 is 1.93 bits per heavy atom. The molecule has 27 heavy (non-hydrogen) atoms. The van der Waals surface area contributed by atoms with Gasteiger partial charge in [-0.3, -0.25) is 9.59 Å². The van der Waals surface area contributed by atoms with Crippen molar-refractivity contribution in [3.63, 3.8) is 0 Å². The first-order chi connectivity index (χ1) is 13.0. The fourth-order valence-corrected chi connectivity index (χ4v) is 3.12. The molecular weight excluding hydrogens is 370 g/mol. The maximum absolute atomic E-state index is 12.6. The highest BCUT2D eigenvalue weighted by Gasteiger charge is 2.31. The van der Waals surface area contributed by atoms with E-state index in [2.05, 4.69) is 0 Å². The van der Waals surface area contributed by atoms with Crippen LogP contribution in [0.5, 0.6) is 11.5 Å². The number of carboxylic acids is 1. The number of rotatable bonds is 6. The number of benzene rings is 2. The summed E-state index contributed by atoms with van der Waals surface area (Å²) >= 11 is 5.87. The summed E-state index contributed by atoms with van der Waals surface area (Å²) in [5, 5.41) is 9.75. The molecule has 1 atom stereocenters. The zero-order chi connectivity index (χ0) is 19.4. The van der Waals surface area contributed by atoms with E-state index in [-0.39, 0.29) is 12.5 Å². The first-order valence-electron chi connectivity index (χ1n) is 8.55. The number of aliphatic carboxylic acids is 1. The summed E-state index contributed by atoms with van der Waals surface area (Å²) in [5.74, 6) is -0.606. The number of hydrogen-bond acceptors (Lipinski definition) is 4. The maximum Gasteiger partial charge on any atom is 0.308 e. The van der Waals surface area contributed by atoms with E-state index < -0.39 is 11.9 Å². The van der Waals surface area contributed by atoms with E-state index in [0.717, 1.165) is 5.56 Å². The zero-order valence-corrected chi connectivity index (χ0v) is 15.6. The molecule has 1 aliphatic heterocycles. The Morgan fingerprint density at radius 3 is 2.56 bits per heavy atom. The lowest BCUT2D eigenvalue weighted by atomic mass is 10.1. The zero-order valence-electron chi connectivity index (χ0n) is 14.9. The Balaban J connectivity index is 1.69. The van der Waals surface area contributed by atoms with Crippen LogP contribution in [0, 0.1) is 5.92 Å². The van der Waals surface area contributed by atoms with Crippen molar-refractivity contribution in [1.29, 1.82) is 0 Å². The standard InChI is InChI=1S/C20H20ClNO5/c1-26-18-10-14(19(23)22-9-8-15(11-22)20(24)25)4-7-17(18)27-12-13-2-5-16(21)6-3-13/h2-7,10,15H,8-9,11-12H2,1H3,(H,24,25)/t15-/m0/s1. The van der Waals surface area contributed by atoms with Crippen molar-refractivity contribution in [3.8, 4) is 11.5 Å². The Morgan fingerprint density at radius 1 is 1.19 bits per heavy atom. The molecule has 0 spiro atoms. The summed E-state index contributed by atoms with van der Waals surface area (Å²) in [6.45, 7) is 1.01.